The Morgan fingerprint density at radius 2 is 2.12 bits per heavy atom. The second-order valence-electron chi connectivity index (χ2n) is 3.95. The van der Waals surface area contributed by atoms with Crippen LogP contribution in [0.4, 0.5) is 9.18 Å². The molecular weight excluding hydrogens is 235 g/mol. The first-order valence-electron chi connectivity index (χ1n) is 5.32. The molecule has 1 heterocycles. The van der Waals surface area contributed by atoms with Crippen LogP contribution in [-0.2, 0) is 4.74 Å². The average Bonchev–Trinajstić information content (AvgIpc) is 2.29. The summed E-state index contributed by atoms with van der Waals surface area (Å²) in [5.74, 6) is 0. The molecule has 0 saturated carbocycles. The van der Waals surface area contributed by atoms with Crippen LogP contribution in [0.5, 0.6) is 0 Å². The highest BCUT2D eigenvalue weighted by Crippen LogP contribution is 2.11. The molecule has 0 aromatic heterocycles. The number of piperidine rings is 1. The Labute approximate surface area is 102 Å². The van der Waals surface area contributed by atoms with Crippen LogP contribution in [0.25, 0.3) is 0 Å². The summed E-state index contributed by atoms with van der Waals surface area (Å²) in [6, 6.07) is 0.219. The molecule has 0 aliphatic carbocycles. The van der Waals surface area contributed by atoms with Crippen molar-refractivity contribution in [2.24, 2.45) is 0 Å². The average molecular weight is 255 g/mol. The Morgan fingerprint density at radius 3 is 2.56 bits per heavy atom. The third-order valence-electron chi connectivity index (χ3n) is 2.68. The quantitative estimate of drug-likeness (QED) is 0.832. The molecule has 1 rings (SSSR count). The molecule has 1 aliphatic heterocycles. The van der Waals surface area contributed by atoms with Crippen molar-refractivity contribution in [2.45, 2.75) is 31.8 Å². The third-order valence-corrected chi connectivity index (χ3v) is 2.68. The maximum absolute atomic E-state index is 12.3. The molecule has 1 amide bonds. The van der Waals surface area contributed by atoms with Crippen LogP contribution in [0.2, 0.25) is 0 Å². The van der Waals surface area contributed by atoms with Crippen LogP contribution in [0.1, 0.15) is 19.8 Å². The van der Waals surface area contributed by atoms with E-state index < -0.39 is 0 Å². The lowest BCUT2D eigenvalue weighted by Gasteiger charge is -2.32. The van der Waals surface area contributed by atoms with Gasteiger partial charge in [0.25, 0.3) is 0 Å². The standard InChI is InChI=1S/C10H19FN2O2.ClH/c1-8(7-11)12-9-3-5-13(6-4-9)10(14)15-2;/h8-9,12H,3-7H2,1-2H3;1H/t8-;/m0./s1. The normalized spacial score (nSPS) is 18.8. The van der Waals surface area contributed by atoms with Gasteiger partial charge in [-0.3, -0.25) is 0 Å². The molecule has 1 saturated heterocycles. The molecule has 96 valence electrons. The van der Waals surface area contributed by atoms with E-state index in [2.05, 4.69) is 10.1 Å². The molecule has 6 heteroatoms. The van der Waals surface area contributed by atoms with Gasteiger partial charge in [-0.15, -0.1) is 12.4 Å². The fourth-order valence-electron chi connectivity index (χ4n) is 1.80. The molecule has 0 aromatic rings. The van der Waals surface area contributed by atoms with Gasteiger partial charge in [0.2, 0.25) is 0 Å². The molecule has 0 unspecified atom stereocenters. The summed E-state index contributed by atoms with van der Waals surface area (Å²) in [6.07, 6.45) is 1.45. The van der Waals surface area contributed by atoms with Gasteiger partial charge in [-0.2, -0.15) is 0 Å². The maximum atomic E-state index is 12.3. The van der Waals surface area contributed by atoms with Crippen molar-refractivity contribution in [3.63, 3.8) is 0 Å². The zero-order valence-corrected chi connectivity index (χ0v) is 10.6. The largest absolute Gasteiger partial charge is 0.453 e. The Bertz CT molecular complexity index is 211. The highest BCUT2D eigenvalue weighted by atomic mass is 35.5. The minimum absolute atomic E-state index is 0. The van der Waals surface area contributed by atoms with Crippen molar-refractivity contribution in [3.8, 4) is 0 Å². The maximum Gasteiger partial charge on any atom is 0.409 e. The summed E-state index contributed by atoms with van der Waals surface area (Å²) in [7, 11) is 1.39. The van der Waals surface area contributed by atoms with Gasteiger partial charge < -0.3 is 15.0 Å². The van der Waals surface area contributed by atoms with Crippen LogP contribution >= 0.6 is 12.4 Å². The van der Waals surface area contributed by atoms with Gasteiger partial charge in [0.05, 0.1) is 7.11 Å². The number of nitrogens with one attached hydrogen (secondary N) is 1. The predicted molar refractivity (Wildman–Crippen MR) is 62.8 cm³/mol. The van der Waals surface area contributed by atoms with E-state index >= 15 is 0 Å². The van der Waals surface area contributed by atoms with Gasteiger partial charge in [0.15, 0.2) is 0 Å². The smallest absolute Gasteiger partial charge is 0.409 e. The first kappa shape index (κ1) is 15.4. The number of halogens is 2. The summed E-state index contributed by atoms with van der Waals surface area (Å²) in [5, 5.41) is 3.19. The SMILES string of the molecule is COC(=O)N1CCC(N[C@@H](C)CF)CC1.Cl. The number of hydrogen-bond donors (Lipinski definition) is 1. The highest BCUT2D eigenvalue weighted by Gasteiger charge is 2.23. The number of hydrogen-bond acceptors (Lipinski definition) is 3. The number of carbonyl (C=O) groups is 1. The van der Waals surface area contributed by atoms with Crippen LogP contribution in [-0.4, -0.2) is 50.0 Å². The summed E-state index contributed by atoms with van der Waals surface area (Å²) in [6.45, 7) is 2.84. The molecule has 0 aromatic carbocycles. The number of amides is 1. The molecule has 1 fully saturated rings. The fourth-order valence-corrected chi connectivity index (χ4v) is 1.80. The van der Waals surface area contributed by atoms with E-state index in [1.54, 1.807) is 4.90 Å². The van der Waals surface area contributed by atoms with E-state index in [0.717, 1.165) is 12.8 Å². The number of alkyl halides is 1. The molecule has 0 bridgehead atoms. The number of nitrogens with zero attached hydrogens (tertiary/aromatic N) is 1. The van der Waals surface area contributed by atoms with Crippen molar-refractivity contribution in [2.75, 3.05) is 26.9 Å². The summed E-state index contributed by atoms with van der Waals surface area (Å²) in [5.41, 5.74) is 0. The number of likely N-dealkylation sites (tertiary alicyclic amines) is 1. The van der Waals surface area contributed by atoms with E-state index in [-0.39, 0.29) is 31.2 Å². The van der Waals surface area contributed by atoms with Gasteiger partial charge in [-0.05, 0) is 19.8 Å². The summed E-state index contributed by atoms with van der Waals surface area (Å²) in [4.78, 5) is 12.9. The van der Waals surface area contributed by atoms with Crippen LogP contribution in [0.15, 0.2) is 0 Å². The van der Waals surface area contributed by atoms with Crippen molar-refractivity contribution in [3.05, 3.63) is 0 Å². The number of carbonyl (C=O) groups excluding carboxylic acids is 1. The van der Waals surface area contributed by atoms with E-state index in [9.17, 15) is 9.18 Å². The van der Waals surface area contributed by atoms with Gasteiger partial charge >= 0.3 is 6.09 Å². The molecule has 0 spiro atoms. The van der Waals surface area contributed by atoms with E-state index in [0.29, 0.717) is 19.1 Å². The third kappa shape index (κ3) is 4.53. The Kier molecular flexibility index (Phi) is 7.42. The minimum Gasteiger partial charge on any atom is -0.453 e. The molecule has 1 atom stereocenters. The minimum atomic E-state index is -0.350. The van der Waals surface area contributed by atoms with E-state index in [1.807, 2.05) is 6.92 Å². The van der Waals surface area contributed by atoms with Crippen molar-refractivity contribution < 1.29 is 13.9 Å². The van der Waals surface area contributed by atoms with E-state index in [4.69, 9.17) is 0 Å². The second kappa shape index (κ2) is 7.68. The zero-order chi connectivity index (χ0) is 11.3. The van der Waals surface area contributed by atoms with E-state index in [1.165, 1.54) is 7.11 Å². The first-order chi connectivity index (χ1) is 7.17. The lowest BCUT2D eigenvalue weighted by molar-refractivity contribution is 0.108. The monoisotopic (exact) mass is 254 g/mol. The van der Waals surface area contributed by atoms with Gasteiger partial charge in [-0.1, -0.05) is 0 Å². The van der Waals surface area contributed by atoms with Crippen molar-refractivity contribution in [1.82, 2.24) is 10.2 Å². The fraction of sp³-hybridized carbons (Fsp3) is 0.900. The summed E-state index contributed by atoms with van der Waals surface area (Å²) < 4.78 is 16.9. The lowest BCUT2D eigenvalue weighted by Crippen LogP contribution is -2.47. The number of rotatable bonds is 3. The van der Waals surface area contributed by atoms with Crippen molar-refractivity contribution >= 4 is 18.5 Å². The molecule has 4 nitrogen and oxygen atoms in total. The molecule has 16 heavy (non-hydrogen) atoms. The van der Waals surface area contributed by atoms with Crippen LogP contribution in [0, 0.1) is 0 Å². The topological polar surface area (TPSA) is 41.6 Å². The zero-order valence-electron chi connectivity index (χ0n) is 9.74. The van der Waals surface area contributed by atoms with Crippen molar-refractivity contribution in [1.29, 1.82) is 0 Å². The Balaban J connectivity index is 0.00000225. The van der Waals surface area contributed by atoms with Crippen LogP contribution < -0.4 is 5.32 Å². The van der Waals surface area contributed by atoms with Crippen LogP contribution in [0.3, 0.4) is 0 Å². The number of ether oxygens (including phenoxy) is 1. The molecule has 1 aliphatic rings. The molecule has 0 radical (unpaired) electrons. The van der Waals surface area contributed by atoms with Gasteiger partial charge in [-0.25, -0.2) is 9.18 Å². The van der Waals surface area contributed by atoms with Gasteiger partial charge in [0.1, 0.15) is 6.67 Å². The highest BCUT2D eigenvalue weighted by molar-refractivity contribution is 5.85. The van der Waals surface area contributed by atoms with Gasteiger partial charge in [0, 0.05) is 25.2 Å². The Hall–Kier alpha value is -0.550. The second-order valence-corrected chi connectivity index (χ2v) is 3.95. The summed E-state index contributed by atoms with van der Waals surface area (Å²) >= 11 is 0. The number of methoxy groups -OCH3 is 1. The Morgan fingerprint density at radius 1 is 1.56 bits per heavy atom. The molecule has 1 N–H and O–H groups in total. The molecular formula is C10H20ClFN2O2. The first-order valence-corrected chi connectivity index (χ1v) is 5.32. The predicted octanol–water partition coefficient (Wildman–Crippen LogP) is 1.59. The lowest BCUT2D eigenvalue weighted by atomic mass is 10.0.